The minimum atomic E-state index is -3.44. The average molecular weight is 633 g/mol. The standard InChI is InChI=1S/C32H42F2N4O7/c1-6-19-22(17-39)38-16-25(19)44-28-26(35-20-12-11-18(42-5)15-21(20)36-28)32(33,34)13-8-14-43-23-9-7-10-24(23)45-30(41)37-27(29(38)40)31(2,3)4/h11-12,15,17,19,22-25,27H,6-10,13-14,16H2,1-5H3,(H,37,41)/t19-,22+,23+,24+,25-,27+/m0/s1. The van der Waals surface area contributed by atoms with E-state index in [1.54, 1.807) is 39.0 Å². The second kappa shape index (κ2) is 13.0. The van der Waals surface area contributed by atoms with Crippen LogP contribution in [-0.4, -0.2) is 83.8 Å². The number of fused-ring (bicyclic) bond motifs is 5. The van der Waals surface area contributed by atoms with Gasteiger partial charge in [0.2, 0.25) is 11.8 Å². The minimum absolute atomic E-state index is 0.00674. The van der Waals surface area contributed by atoms with Crippen molar-refractivity contribution in [2.24, 2.45) is 11.3 Å². The maximum absolute atomic E-state index is 16.0. The molecule has 6 atom stereocenters. The smallest absolute Gasteiger partial charge is 0.408 e. The lowest BCUT2D eigenvalue weighted by Crippen LogP contribution is -2.57. The number of methoxy groups -OCH3 is 1. The normalized spacial score (nSPS) is 29.4. The van der Waals surface area contributed by atoms with Crippen molar-refractivity contribution in [3.05, 3.63) is 23.9 Å². The van der Waals surface area contributed by atoms with E-state index in [9.17, 15) is 14.4 Å². The van der Waals surface area contributed by atoms with Gasteiger partial charge in [-0.3, -0.25) is 4.79 Å². The summed E-state index contributed by atoms with van der Waals surface area (Å²) in [6, 6.07) is 2.79. The Kier molecular flexibility index (Phi) is 9.48. The number of benzene rings is 1. The molecule has 1 aromatic heterocycles. The number of ether oxygens (including phenoxy) is 4. The second-order valence-corrected chi connectivity index (χ2v) is 13.1. The maximum Gasteiger partial charge on any atom is 0.408 e. The van der Waals surface area contributed by atoms with Gasteiger partial charge >= 0.3 is 6.09 Å². The van der Waals surface area contributed by atoms with Crippen LogP contribution < -0.4 is 14.8 Å². The van der Waals surface area contributed by atoms with Crippen molar-refractivity contribution in [2.75, 3.05) is 20.3 Å². The molecule has 0 unspecified atom stereocenters. The summed E-state index contributed by atoms with van der Waals surface area (Å²) in [5, 5.41) is 2.74. The number of alkyl halides is 2. The van der Waals surface area contributed by atoms with Crippen LogP contribution in [0.5, 0.6) is 11.6 Å². The highest BCUT2D eigenvalue weighted by atomic mass is 19.3. The quantitative estimate of drug-likeness (QED) is 0.475. The van der Waals surface area contributed by atoms with Gasteiger partial charge < -0.3 is 34.0 Å². The molecule has 45 heavy (non-hydrogen) atoms. The van der Waals surface area contributed by atoms with Crippen molar-refractivity contribution in [1.29, 1.82) is 0 Å². The number of nitrogens with zero attached hydrogens (tertiary/aromatic N) is 3. The second-order valence-electron chi connectivity index (χ2n) is 13.1. The lowest BCUT2D eigenvalue weighted by atomic mass is 9.85. The highest BCUT2D eigenvalue weighted by Gasteiger charge is 2.49. The van der Waals surface area contributed by atoms with Crippen LogP contribution in [-0.2, 0) is 25.0 Å². The van der Waals surface area contributed by atoms with Gasteiger partial charge in [0.15, 0.2) is 5.69 Å². The highest BCUT2D eigenvalue weighted by molar-refractivity contribution is 5.89. The van der Waals surface area contributed by atoms with Gasteiger partial charge in [-0.25, -0.2) is 14.8 Å². The molecular weight excluding hydrogens is 590 g/mol. The molecule has 246 valence electrons. The molecular formula is C32H42F2N4O7. The molecule has 0 spiro atoms. The zero-order valence-corrected chi connectivity index (χ0v) is 26.4. The number of carbonyl (C=O) groups is 3. The number of alkyl carbamates (subject to hydrolysis) is 1. The van der Waals surface area contributed by atoms with Crippen molar-refractivity contribution >= 4 is 29.3 Å². The van der Waals surface area contributed by atoms with Crippen LogP contribution in [0, 0.1) is 11.3 Å². The number of hydrogen-bond donors (Lipinski definition) is 1. The van der Waals surface area contributed by atoms with Gasteiger partial charge in [-0.1, -0.05) is 27.7 Å². The summed E-state index contributed by atoms with van der Waals surface area (Å²) in [5.41, 5.74) is -0.838. The number of aromatic nitrogens is 2. The van der Waals surface area contributed by atoms with Gasteiger partial charge in [-0.05, 0) is 49.7 Å². The monoisotopic (exact) mass is 632 g/mol. The molecule has 2 bridgehead atoms. The molecule has 1 saturated heterocycles. The highest BCUT2D eigenvalue weighted by Crippen LogP contribution is 2.40. The molecule has 1 saturated carbocycles. The molecule has 1 aromatic carbocycles. The molecule has 2 amide bonds. The fourth-order valence-corrected chi connectivity index (χ4v) is 6.52. The molecule has 2 fully saturated rings. The van der Waals surface area contributed by atoms with Crippen LogP contribution in [0.25, 0.3) is 11.0 Å². The molecule has 1 aliphatic carbocycles. The fraction of sp³-hybridized carbons (Fsp3) is 0.656. The molecule has 1 N–H and O–H groups in total. The van der Waals surface area contributed by atoms with Gasteiger partial charge in [0.05, 0.1) is 36.8 Å². The SMILES string of the molecule is CC[C@@H]1[C@@H]2CN(C(=O)[C@H](C(C)(C)C)NC(=O)O[C@@H]3CCC[C@H]3OCCCC(F)(F)c3nc4ccc(OC)cc4nc3O2)[C@@H]1C=O. The Morgan fingerprint density at radius 3 is 2.53 bits per heavy atom. The van der Waals surface area contributed by atoms with E-state index in [0.29, 0.717) is 36.8 Å². The van der Waals surface area contributed by atoms with Crippen molar-refractivity contribution in [3.8, 4) is 11.6 Å². The molecule has 11 nitrogen and oxygen atoms in total. The number of rotatable bonds is 3. The van der Waals surface area contributed by atoms with E-state index in [1.807, 2.05) is 6.92 Å². The fourth-order valence-electron chi connectivity index (χ4n) is 6.52. The predicted octanol–water partition coefficient (Wildman–Crippen LogP) is 4.79. The van der Waals surface area contributed by atoms with Crippen LogP contribution in [0.15, 0.2) is 18.2 Å². The van der Waals surface area contributed by atoms with Crippen LogP contribution in [0.2, 0.25) is 0 Å². The van der Waals surface area contributed by atoms with E-state index < -0.39 is 71.8 Å². The third-order valence-corrected chi connectivity index (χ3v) is 8.99. The van der Waals surface area contributed by atoms with Gasteiger partial charge in [-0.2, -0.15) is 8.78 Å². The third kappa shape index (κ3) is 6.83. The summed E-state index contributed by atoms with van der Waals surface area (Å²) in [6.07, 6.45) is -0.244. The molecule has 3 aliphatic rings. The van der Waals surface area contributed by atoms with Crippen molar-refractivity contribution < 1.29 is 42.1 Å². The first-order valence-corrected chi connectivity index (χ1v) is 15.6. The van der Waals surface area contributed by atoms with E-state index in [0.717, 1.165) is 6.42 Å². The Hall–Kier alpha value is -3.61. The topological polar surface area (TPSA) is 129 Å². The molecule has 0 radical (unpaired) electrons. The van der Waals surface area contributed by atoms with Crippen molar-refractivity contribution in [3.63, 3.8) is 0 Å². The summed E-state index contributed by atoms with van der Waals surface area (Å²) in [6.45, 7) is 7.18. The van der Waals surface area contributed by atoms with Gasteiger partial charge in [0, 0.05) is 25.0 Å². The van der Waals surface area contributed by atoms with E-state index in [1.165, 1.54) is 12.0 Å². The zero-order chi connectivity index (χ0) is 32.5. The van der Waals surface area contributed by atoms with E-state index in [-0.39, 0.29) is 31.0 Å². The Morgan fingerprint density at radius 1 is 1.09 bits per heavy atom. The molecule has 2 aromatic rings. The lowest BCUT2D eigenvalue weighted by Gasteiger charge is -2.35. The van der Waals surface area contributed by atoms with Gasteiger partial charge in [-0.15, -0.1) is 0 Å². The largest absolute Gasteiger partial charge is 0.497 e. The molecule has 5 rings (SSSR count). The number of aldehydes is 1. The summed E-state index contributed by atoms with van der Waals surface area (Å²) in [4.78, 5) is 49.8. The predicted molar refractivity (Wildman–Crippen MR) is 159 cm³/mol. The van der Waals surface area contributed by atoms with Crippen LogP contribution in [0.1, 0.15) is 71.9 Å². The lowest BCUT2D eigenvalue weighted by molar-refractivity contribution is -0.139. The van der Waals surface area contributed by atoms with Gasteiger partial charge in [0.1, 0.15) is 30.3 Å². The van der Waals surface area contributed by atoms with Crippen LogP contribution in [0.3, 0.4) is 0 Å². The number of nitrogens with one attached hydrogen (secondary N) is 1. The van der Waals surface area contributed by atoms with Crippen LogP contribution in [0.4, 0.5) is 13.6 Å². The van der Waals surface area contributed by atoms with Crippen molar-refractivity contribution in [2.45, 2.75) is 103 Å². The summed E-state index contributed by atoms with van der Waals surface area (Å²) < 4.78 is 55.1. The Bertz CT molecular complexity index is 1420. The summed E-state index contributed by atoms with van der Waals surface area (Å²) in [7, 11) is 1.48. The maximum atomic E-state index is 16.0. The molecule has 13 heteroatoms. The number of halogens is 2. The first-order chi connectivity index (χ1) is 21.4. The first kappa shape index (κ1) is 32.8. The van der Waals surface area contributed by atoms with Crippen molar-refractivity contribution in [1.82, 2.24) is 20.2 Å². The Balaban J connectivity index is 1.58. The first-order valence-electron chi connectivity index (χ1n) is 15.6. The van der Waals surface area contributed by atoms with E-state index in [2.05, 4.69) is 15.3 Å². The minimum Gasteiger partial charge on any atom is -0.497 e. The average Bonchev–Trinajstić information content (AvgIpc) is 3.59. The van der Waals surface area contributed by atoms with Crippen LogP contribution >= 0.6 is 0 Å². The number of carbonyl (C=O) groups excluding carboxylic acids is 3. The van der Waals surface area contributed by atoms with E-state index >= 15 is 8.78 Å². The van der Waals surface area contributed by atoms with E-state index in [4.69, 9.17) is 18.9 Å². The van der Waals surface area contributed by atoms with Gasteiger partial charge in [0.25, 0.3) is 5.92 Å². The Labute approximate surface area is 261 Å². The number of amides is 2. The Morgan fingerprint density at radius 2 is 1.84 bits per heavy atom. The molecule has 2 aliphatic heterocycles. The third-order valence-electron chi connectivity index (χ3n) is 8.99. The zero-order valence-electron chi connectivity index (χ0n) is 26.4. The number of hydrogen-bond acceptors (Lipinski definition) is 9. The molecule has 3 heterocycles. The summed E-state index contributed by atoms with van der Waals surface area (Å²) in [5.74, 6) is -4.36. The summed E-state index contributed by atoms with van der Waals surface area (Å²) >= 11 is 0.